The second-order valence-electron chi connectivity index (χ2n) is 4.74. The zero-order chi connectivity index (χ0) is 11.1. The van der Waals surface area contributed by atoms with Gasteiger partial charge in [0.25, 0.3) is 0 Å². The van der Waals surface area contributed by atoms with E-state index in [0.29, 0.717) is 11.8 Å². The topological polar surface area (TPSA) is 20.3 Å². The Morgan fingerprint density at radius 2 is 2.12 bits per heavy atom. The van der Waals surface area contributed by atoms with Gasteiger partial charge in [-0.2, -0.15) is 0 Å². The Hall–Kier alpha value is -0.960. The van der Waals surface area contributed by atoms with E-state index in [2.05, 4.69) is 24.8 Å². The highest BCUT2D eigenvalue weighted by atomic mass is 32.1. The maximum Gasteiger partial charge on any atom is 0.225 e. The number of rotatable bonds is 1. The lowest BCUT2D eigenvalue weighted by Gasteiger charge is -2.29. The molecule has 84 valence electrons. The fraction of sp³-hybridized carbons (Fsp3) is 0.462. The van der Waals surface area contributed by atoms with Crippen LogP contribution >= 0.6 is 12.6 Å². The minimum Gasteiger partial charge on any atom is -0.338 e. The molecule has 2 aliphatic rings. The highest BCUT2D eigenvalue weighted by Crippen LogP contribution is 2.33. The molecule has 3 heteroatoms. The molecule has 0 radical (unpaired) electrons. The number of carbonyl (C=O) groups excluding carboxylic acids is 1. The maximum absolute atomic E-state index is 11.9. The van der Waals surface area contributed by atoms with Crippen molar-refractivity contribution in [2.45, 2.75) is 30.7 Å². The number of fused-ring (bicyclic) bond motifs is 1. The van der Waals surface area contributed by atoms with Crippen LogP contribution in [0.4, 0.5) is 0 Å². The van der Waals surface area contributed by atoms with Gasteiger partial charge in [0.1, 0.15) is 0 Å². The van der Waals surface area contributed by atoms with Crippen molar-refractivity contribution >= 4 is 18.5 Å². The summed E-state index contributed by atoms with van der Waals surface area (Å²) in [7, 11) is 0. The molecule has 1 aliphatic carbocycles. The molecular formula is C13H15NOS. The summed E-state index contributed by atoms with van der Waals surface area (Å²) in [4.78, 5) is 15.0. The molecule has 1 aromatic rings. The average Bonchev–Trinajstić information content (AvgIpc) is 3.11. The fourth-order valence-corrected chi connectivity index (χ4v) is 2.55. The van der Waals surface area contributed by atoms with Crippen LogP contribution in [0.15, 0.2) is 23.1 Å². The van der Waals surface area contributed by atoms with Crippen LogP contribution in [0.25, 0.3) is 0 Å². The van der Waals surface area contributed by atoms with Crippen molar-refractivity contribution in [3.63, 3.8) is 0 Å². The molecule has 1 heterocycles. The Bertz CT molecular complexity index is 440. The van der Waals surface area contributed by atoms with Crippen LogP contribution in [0.1, 0.15) is 24.0 Å². The molecule has 1 saturated carbocycles. The molecule has 1 amide bonds. The summed E-state index contributed by atoms with van der Waals surface area (Å²) in [6, 6.07) is 6.23. The van der Waals surface area contributed by atoms with Gasteiger partial charge in [-0.25, -0.2) is 0 Å². The summed E-state index contributed by atoms with van der Waals surface area (Å²) in [5.41, 5.74) is 2.64. The van der Waals surface area contributed by atoms with E-state index in [4.69, 9.17) is 0 Å². The minimum absolute atomic E-state index is 0.339. The summed E-state index contributed by atoms with van der Waals surface area (Å²) >= 11 is 4.34. The van der Waals surface area contributed by atoms with E-state index in [1.807, 2.05) is 11.0 Å². The molecule has 0 atom stereocenters. The third-order valence-corrected chi connectivity index (χ3v) is 3.72. The second-order valence-corrected chi connectivity index (χ2v) is 5.25. The van der Waals surface area contributed by atoms with E-state index >= 15 is 0 Å². The maximum atomic E-state index is 11.9. The first-order chi connectivity index (χ1) is 7.74. The van der Waals surface area contributed by atoms with Crippen LogP contribution in [-0.2, 0) is 17.8 Å². The third kappa shape index (κ3) is 1.84. The first-order valence-corrected chi connectivity index (χ1v) is 6.28. The van der Waals surface area contributed by atoms with Gasteiger partial charge in [-0.1, -0.05) is 6.07 Å². The van der Waals surface area contributed by atoms with Crippen LogP contribution in [0.3, 0.4) is 0 Å². The molecule has 3 rings (SSSR count). The van der Waals surface area contributed by atoms with E-state index in [9.17, 15) is 4.79 Å². The zero-order valence-corrected chi connectivity index (χ0v) is 10.0. The number of carbonyl (C=O) groups is 1. The van der Waals surface area contributed by atoms with Gasteiger partial charge in [-0.15, -0.1) is 12.6 Å². The molecule has 0 spiro atoms. The highest BCUT2D eigenvalue weighted by Gasteiger charge is 2.34. The van der Waals surface area contributed by atoms with Crippen molar-refractivity contribution in [1.29, 1.82) is 0 Å². The van der Waals surface area contributed by atoms with Gasteiger partial charge in [0.05, 0.1) is 0 Å². The number of hydrogen-bond donors (Lipinski definition) is 1. The lowest BCUT2D eigenvalue weighted by molar-refractivity contribution is -0.133. The van der Waals surface area contributed by atoms with Crippen LogP contribution in [0, 0.1) is 5.92 Å². The highest BCUT2D eigenvalue weighted by molar-refractivity contribution is 7.80. The standard InChI is InChI=1S/C13H15NOS/c15-13(9-1-2-9)14-6-5-10-7-12(16)4-3-11(10)8-14/h3-4,7,9,16H,1-2,5-6,8H2. The molecule has 0 bridgehead atoms. The van der Waals surface area contributed by atoms with Crippen molar-refractivity contribution in [3.05, 3.63) is 29.3 Å². The zero-order valence-electron chi connectivity index (χ0n) is 9.15. The van der Waals surface area contributed by atoms with E-state index in [0.717, 1.165) is 37.2 Å². The van der Waals surface area contributed by atoms with Crippen LogP contribution in [-0.4, -0.2) is 17.4 Å². The van der Waals surface area contributed by atoms with Crippen molar-refractivity contribution in [2.24, 2.45) is 5.92 Å². The first-order valence-electron chi connectivity index (χ1n) is 5.83. The smallest absolute Gasteiger partial charge is 0.225 e. The Labute approximate surface area is 101 Å². The number of benzene rings is 1. The van der Waals surface area contributed by atoms with Gasteiger partial charge in [0.15, 0.2) is 0 Å². The minimum atomic E-state index is 0.339. The van der Waals surface area contributed by atoms with Gasteiger partial charge in [-0.05, 0) is 42.5 Å². The number of nitrogens with zero attached hydrogens (tertiary/aromatic N) is 1. The molecule has 0 aromatic heterocycles. The van der Waals surface area contributed by atoms with Gasteiger partial charge in [-0.3, -0.25) is 4.79 Å². The second kappa shape index (κ2) is 3.81. The largest absolute Gasteiger partial charge is 0.338 e. The van der Waals surface area contributed by atoms with Crippen molar-refractivity contribution in [1.82, 2.24) is 4.90 Å². The molecule has 1 fully saturated rings. The molecule has 0 saturated heterocycles. The Balaban J connectivity index is 1.80. The number of thiol groups is 1. The normalized spacial score (nSPS) is 19.4. The molecule has 0 N–H and O–H groups in total. The summed E-state index contributed by atoms with van der Waals surface area (Å²) in [6.45, 7) is 1.66. The quantitative estimate of drug-likeness (QED) is 0.738. The third-order valence-electron chi connectivity index (χ3n) is 3.44. The Morgan fingerprint density at radius 3 is 2.88 bits per heavy atom. The van der Waals surface area contributed by atoms with Crippen molar-refractivity contribution in [3.8, 4) is 0 Å². The predicted molar refractivity (Wildman–Crippen MR) is 65.5 cm³/mol. The Kier molecular flexibility index (Phi) is 2.43. The first kappa shape index (κ1) is 10.2. The molecule has 1 aliphatic heterocycles. The number of hydrogen-bond acceptors (Lipinski definition) is 2. The van der Waals surface area contributed by atoms with Crippen molar-refractivity contribution < 1.29 is 4.79 Å². The summed E-state index contributed by atoms with van der Waals surface area (Å²) in [6.07, 6.45) is 3.16. The van der Waals surface area contributed by atoms with E-state index in [1.165, 1.54) is 11.1 Å². The van der Waals surface area contributed by atoms with E-state index in [1.54, 1.807) is 0 Å². The SMILES string of the molecule is O=C(C1CC1)N1CCc2cc(S)ccc2C1. The fourth-order valence-electron chi connectivity index (χ4n) is 2.32. The van der Waals surface area contributed by atoms with Gasteiger partial charge < -0.3 is 4.90 Å². The predicted octanol–water partition coefficient (Wildman–Crippen LogP) is 2.27. The van der Waals surface area contributed by atoms with E-state index < -0.39 is 0 Å². The van der Waals surface area contributed by atoms with Gasteiger partial charge in [0.2, 0.25) is 5.91 Å². The molecule has 16 heavy (non-hydrogen) atoms. The van der Waals surface area contributed by atoms with E-state index in [-0.39, 0.29) is 0 Å². The molecule has 1 aromatic carbocycles. The number of amides is 1. The lowest BCUT2D eigenvalue weighted by atomic mass is 9.99. The summed E-state index contributed by atoms with van der Waals surface area (Å²) in [5, 5.41) is 0. The van der Waals surface area contributed by atoms with Crippen LogP contribution in [0.2, 0.25) is 0 Å². The molecular weight excluding hydrogens is 218 g/mol. The molecule has 2 nitrogen and oxygen atoms in total. The summed E-state index contributed by atoms with van der Waals surface area (Å²) < 4.78 is 0. The van der Waals surface area contributed by atoms with Crippen molar-refractivity contribution in [2.75, 3.05) is 6.54 Å². The molecule has 0 unspecified atom stereocenters. The average molecular weight is 233 g/mol. The lowest BCUT2D eigenvalue weighted by Crippen LogP contribution is -2.36. The monoisotopic (exact) mass is 233 g/mol. The Morgan fingerprint density at radius 1 is 1.31 bits per heavy atom. The van der Waals surface area contributed by atoms with Crippen LogP contribution in [0.5, 0.6) is 0 Å². The van der Waals surface area contributed by atoms with Gasteiger partial charge >= 0.3 is 0 Å². The van der Waals surface area contributed by atoms with Gasteiger partial charge in [0, 0.05) is 23.9 Å². The van der Waals surface area contributed by atoms with Crippen LogP contribution < -0.4 is 0 Å². The summed E-state index contributed by atoms with van der Waals surface area (Å²) in [5.74, 6) is 0.700.